The first-order valence-corrected chi connectivity index (χ1v) is 7.77. The number of aromatic nitrogens is 4. The third kappa shape index (κ3) is 3.31. The molecule has 0 aliphatic heterocycles. The second kappa shape index (κ2) is 6.33. The van der Waals surface area contributed by atoms with Gasteiger partial charge in [-0.15, -0.1) is 0 Å². The van der Waals surface area contributed by atoms with Crippen LogP contribution in [0.25, 0.3) is 5.65 Å². The van der Waals surface area contributed by atoms with E-state index in [1.165, 1.54) is 12.4 Å². The van der Waals surface area contributed by atoms with Gasteiger partial charge in [-0.05, 0) is 29.8 Å². The number of amides is 1. The number of anilines is 1. The molecule has 0 saturated carbocycles. The monoisotopic (exact) mass is 375 g/mol. The van der Waals surface area contributed by atoms with E-state index in [1.807, 2.05) is 20.0 Å². The fourth-order valence-corrected chi connectivity index (χ4v) is 2.35. The van der Waals surface area contributed by atoms with Gasteiger partial charge in [0.2, 0.25) is 0 Å². The number of rotatable bonds is 4. The lowest BCUT2D eigenvalue weighted by Gasteiger charge is -2.11. The fourth-order valence-electron chi connectivity index (χ4n) is 2.15. The van der Waals surface area contributed by atoms with E-state index in [1.54, 1.807) is 16.7 Å². The number of ether oxygens (including phenoxy) is 1. The number of hydrogen-bond donors (Lipinski definition) is 1. The average molecular weight is 376 g/mol. The first-order chi connectivity index (χ1) is 11.1. The number of aryl methyl sites for hydroxylation is 1. The number of nitrogens with one attached hydrogen (secondary N) is 1. The zero-order valence-electron chi connectivity index (χ0n) is 12.6. The first kappa shape index (κ1) is 15.4. The summed E-state index contributed by atoms with van der Waals surface area (Å²) in [6.45, 7) is 4.21. The van der Waals surface area contributed by atoms with Gasteiger partial charge in [-0.1, -0.05) is 0 Å². The topological polar surface area (TPSA) is 81.4 Å². The molecule has 0 aromatic carbocycles. The molecule has 3 heterocycles. The van der Waals surface area contributed by atoms with Gasteiger partial charge in [-0.25, -0.2) is 15.0 Å². The van der Waals surface area contributed by atoms with Crippen molar-refractivity contribution in [3.63, 3.8) is 0 Å². The summed E-state index contributed by atoms with van der Waals surface area (Å²) >= 11 is 3.20. The summed E-state index contributed by atoms with van der Waals surface area (Å²) in [6.07, 6.45) is 6.53. The molecule has 0 fully saturated rings. The third-order valence-corrected chi connectivity index (χ3v) is 3.49. The van der Waals surface area contributed by atoms with Crippen molar-refractivity contribution >= 4 is 33.3 Å². The Morgan fingerprint density at radius 2 is 2.17 bits per heavy atom. The Morgan fingerprint density at radius 1 is 1.35 bits per heavy atom. The molecule has 0 atom stereocenters. The standard InChI is InChI=1S/C15H14BrN5O2/c1-3-23-11-4-14-19-9(2)7-21(14)8-10(11)15(22)20-13-6-17-12(16)5-18-13/h4-8H,3H2,1-2H3,(H,18,20,22). The van der Waals surface area contributed by atoms with Gasteiger partial charge in [0, 0.05) is 18.5 Å². The number of carbonyl (C=O) groups excluding carboxylic acids is 1. The molecule has 3 aromatic heterocycles. The van der Waals surface area contributed by atoms with Gasteiger partial charge in [0.05, 0.1) is 30.3 Å². The summed E-state index contributed by atoms with van der Waals surface area (Å²) in [5, 5.41) is 2.71. The van der Waals surface area contributed by atoms with E-state index < -0.39 is 0 Å². The van der Waals surface area contributed by atoms with Gasteiger partial charge >= 0.3 is 0 Å². The van der Waals surface area contributed by atoms with Crippen LogP contribution in [-0.2, 0) is 0 Å². The van der Waals surface area contributed by atoms with Crippen molar-refractivity contribution in [2.24, 2.45) is 0 Å². The molecule has 7 nitrogen and oxygen atoms in total. The predicted octanol–water partition coefficient (Wildman–Crippen LogP) is 2.85. The maximum absolute atomic E-state index is 12.5. The zero-order valence-corrected chi connectivity index (χ0v) is 14.2. The molecule has 3 aromatic rings. The predicted molar refractivity (Wildman–Crippen MR) is 88.8 cm³/mol. The van der Waals surface area contributed by atoms with Gasteiger partial charge in [0.1, 0.15) is 16.0 Å². The molecule has 0 saturated heterocycles. The molecule has 23 heavy (non-hydrogen) atoms. The Labute approximate surface area is 140 Å². The molecular weight excluding hydrogens is 362 g/mol. The van der Waals surface area contributed by atoms with Crippen LogP contribution in [0.1, 0.15) is 23.0 Å². The highest BCUT2D eigenvalue weighted by Gasteiger charge is 2.16. The highest BCUT2D eigenvalue weighted by atomic mass is 79.9. The summed E-state index contributed by atoms with van der Waals surface area (Å²) in [5.41, 5.74) is 2.00. The SMILES string of the molecule is CCOc1cc2nc(C)cn2cc1C(=O)Nc1cnc(Br)cn1. The Morgan fingerprint density at radius 3 is 2.87 bits per heavy atom. The highest BCUT2D eigenvalue weighted by Crippen LogP contribution is 2.22. The Balaban J connectivity index is 1.97. The second-order valence-corrected chi connectivity index (χ2v) is 5.62. The van der Waals surface area contributed by atoms with Crippen LogP contribution in [0.15, 0.2) is 35.5 Å². The highest BCUT2D eigenvalue weighted by molar-refractivity contribution is 9.10. The Hall–Kier alpha value is -2.48. The van der Waals surface area contributed by atoms with Crippen molar-refractivity contribution < 1.29 is 9.53 Å². The summed E-state index contributed by atoms with van der Waals surface area (Å²) in [5.74, 6) is 0.522. The van der Waals surface area contributed by atoms with Crippen LogP contribution in [0.3, 0.4) is 0 Å². The number of imidazole rings is 1. The summed E-state index contributed by atoms with van der Waals surface area (Å²) in [6, 6.07) is 1.75. The van der Waals surface area contributed by atoms with Gasteiger partial charge in [-0.3, -0.25) is 4.79 Å². The summed E-state index contributed by atoms with van der Waals surface area (Å²) in [4.78, 5) is 25.0. The Bertz CT molecular complexity index is 860. The molecule has 0 aliphatic carbocycles. The zero-order chi connectivity index (χ0) is 16.4. The minimum absolute atomic E-state index is 0.321. The minimum atomic E-state index is -0.321. The largest absolute Gasteiger partial charge is 0.493 e. The molecule has 118 valence electrons. The van der Waals surface area contributed by atoms with Crippen molar-refractivity contribution in [3.8, 4) is 5.75 Å². The van der Waals surface area contributed by atoms with Crippen LogP contribution >= 0.6 is 15.9 Å². The average Bonchev–Trinajstić information content (AvgIpc) is 2.88. The molecule has 8 heteroatoms. The molecule has 3 rings (SSSR count). The van der Waals surface area contributed by atoms with Crippen molar-refractivity contribution in [2.45, 2.75) is 13.8 Å². The van der Waals surface area contributed by atoms with E-state index in [4.69, 9.17) is 4.74 Å². The van der Waals surface area contributed by atoms with Crippen molar-refractivity contribution in [2.75, 3.05) is 11.9 Å². The van der Waals surface area contributed by atoms with Crippen molar-refractivity contribution in [1.29, 1.82) is 0 Å². The molecule has 1 amide bonds. The van der Waals surface area contributed by atoms with Gasteiger partial charge in [-0.2, -0.15) is 0 Å². The first-order valence-electron chi connectivity index (χ1n) is 6.98. The molecule has 0 bridgehead atoms. The molecule has 0 unspecified atom stereocenters. The third-order valence-electron chi connectivity index (χ3n) is 3.08. The maximum Gasteiger partial charge on any atom is 0.262 e. The summed E-state index contributed by atoms with van der Waals surface area (Å²) < 4.78 is 7.96. The van der Waals surface area contributed by atoms with Gasteiger partial charge in [0.15, 0.2) is 5.82 Å². The van der Waals surface area contributed by atoms with E-state index in [9.17, 15) is 4.79 Å². The van der Waals surface area contributed by atoms with Crippen molar-refractivity contribution in [1.82, 2.24) is 19.4 Å². The lowest BCUT2D eigenvalue weighted by Crippen LogP contribution is -2.15. The van der Waals surface area contributed by atoms with Crippen LogP contribution in [0.4, 0.5) is 5.82 Å². The van der Waals surface area contributed by atoms with Crippen LogP contribution in [-0.4, -0.2) is 31.9 Å². The van der Waals surface area contributed by atoms with E-state index >= 15 is 0 Å². The molecule has 1 N–H and O–H groups in total. The molecule has 0 spiro atoms. The van der Waals surface area contributed by atoms with Crippen LogP contribution in [0.2, 0.25) is 0 Å². The number of halogens is 1. The van der Waals surface area contributed by atoms with Crippen LogP contribution in [0.5, 0.6) is 5.75 Å². The number of nitrogens with zero attached hydrogens (tertiary/aromatic N) is 4. The lowest BCUT2D eigenvalue weighted by atomic mass is 10.2. The van der Waals surface area contributed by atoms with E-state index in [0.717, 1.165) is 11.3 Å². The smallest absolute Gasteiger partial charge is 0.262 e. The van der Waals surface area contributed by atoms with E-state index in [0.29, 0.717) is 28.3 Å². The number of pyridine rings is 1. The molecule has 0 aliphatic rings. The molecular formula is C15H14BrN5O2. The van der Waals surface area contributed by atoms with Gasteiger partial charge < -0.3 is 14.5 Å². The van der Waals surface area contributed by atoms with E-state index in [2.05, 4.69) is 36.2 Å². The normalized spacial score (nSPS) is 10.7. The maximum atomic E-state index is 12.5. The van der Waals surface area contributed by atoms with Gasteiger partial charge in [0.25, 0.3) is 5.91 Å². The quantitative estimate of drug-likeness (QED) is 0.757. The number of fused-ring (bicyclic) bond motifs is 1. The molecule has 0 radical (unpaired) electrons. The number of carbonyl (C=O) groups is 1. The van der Waals surface area contributed by atoms with E-state index in [-0.39, 0.29) is 5.91 Å². The minimum Gasteiger partial charge on any atom is -0.493 e. The second-order valence-electron chi connectivity index (χ2n) is 4.81. The fraction of sp³-hybridized carbons (Fsp3) is 0.200. The summed E-state index contributed by atoms with van der Waals surface area (Å²) in [7, 11) is 0. The van der Waals surface area contributed by atoms with Crippen LogP contribution < -0.4 is 10.1 Å². The number of hydrogen-bond acceptors (Lipinski definition) is 5. The van der Waals surface area contributed by atoms with Crippen molar-refractivity contribution in [3.05, 3.63) is 46.7 Å². The Kier molecular flexibility index (Phi) is 4.24. The van der Waals surface area contributed by atoms with Crippen LogP contribution in [0, 0.1) is 6.92 Å². The lowest BCUT2D eigenvalue weighted by molar-refractivity contribution is 0.102.